The van der Waals surface area contributed by atoms with Crippen LogP contribution in [0.5, 0.6) is 5.75 Å². The van der Waals surface area contributed by atoms with Crippen LogP contribution in [0, 0.1) is 0 Å². The molecule has 2 aromatic heterocycles. The second kappa shape index (κ2) is 6.84. The van der Waals surface area contributed by atoms with Crippen LogP contribution in [0.3, 0.4) is 0 Å². The summed E-state index contributed by atoms with van der Waals surface area (Å²) in [6.45, 7) is 0. The zero-order chi connectivity index (χ0) is 16.2. The number of rotatable bonds is 6. The SMILES string of the molecule is COc1ccc(NC(=O)CSc2nc3sccn3c2C=O)cc1. The van der Waals surface area contributed by atoms with Crippen LogP contribution in [0.4, 0.5) is 5.69 Å². The molecule has 3 aromatic rings. The smallest absolute Gasteiger partial charge is 0.234 e. The highest BCUT2D eigenvalue weighted by Gasteiger charge is 2.14. The number of anilines is 1. The van der Waals surface area contributed by atoms with Gasteiger partial charge in [0.05, 0.1) is 12.9 Å². The minimum atomic E-state index is -0.159. The first kappa shape index (κ1) is 15.6. The van der Waals surface area contributed by atoms with Gasteiger partial charge in [0.2, 0.25) is 5.91 Å². The number of hydrogen-bond donors (Lipinski definition) is 1. The molecule has 0 unspecified atom stereocenters. The number of carbonyl (C=O) groups excluding carboxylic acids is 2. The lowest BCUT2D eigenvalue weighted by Gasteiger charge is -2.05. The molecule has 0 spiro atoms. The topological polar surface area (TPSA) is 72.7 Å². The molecular weight excluding hydrogens is 334 g/mol. The third kappa shape index (κ3) is 3.38. The molecule has 0 aliphatic rings. The summed E-state index contributed by atoms with van der Waals surface area (Å²) in [6.07, 6.45) is 2.55. The van der Waals surface area contributed by atoms with Crippen LogP contribution < -0.4 is 10.1 Å². The highest BCUT2D eigenvalue weighted by Crippen LogP contribution is 2.25. The predicted octanol–water partition coefficient (Wildman–Crippen LogP) is 2.95. The molecule has 0 aliphatic carbocycles. The maximum atomic E-state index is 12.0. The van der Waals surface area contributed by atoms with Crippen molar-refractivity contribution in [1.29, 1.82) is 0 Å². The molecule has 0 saturated carbocycles. The van der Waals surface area contributed by atoms with Gasteiger partial charge in [-0.2, -0.15) is 0 Å². The van der Waals surface area contributed by atoms with Gasteiger partial charge in [-0.05, 0) is 24.3 Å². The molecule has 0 fully saturated rings. The number of aromatic nitrogens is 2. The number of imidazole rings is 1. The van der Waals surface area contributed by atoms with Gasteiger partial charge in [0.1, 0.15) is 16.5 Å². The van der Waals surface area contributed by atoms with E-state index in [1.54, 1.807) is 42.0 Å². The Labute approximate surface area is 140 Å². The van der Waals surface area contributed by atoms with Crippen molar-refractivity contribution < 1.29 is 14.3 Å². The van der Waals surface area contributed by atoms with Crippen molar-refractivity contribution in [1.82, 2.24) is 9.38 Å². The molecule has 8 heteroatoms. The van der Waals surface area contributed by atoms with Gasteiger partial charge < -0.3 is 10.1 Å². The van der Waals surface area contributed by atoms with Crippen molar-refractivity contribution in [2.75, 3.05) is 18.2 Å². The quantitative estimate of drug-likeness (QED) is 0.548. The minimum absolute atomic E-state index is 0.159. The number of aldehydes is 1. The lowest BCUT2D eigenvalue weighted by atomic mass is 10.3. The lowest BCUT2D eigenvalue weighted by Crippen LogP contribution is -2.14. The van der Waals surface area contributed by atoms with Gasteiger partial charge in [-0.15, -0.1) is 11.3 Å². The molecule has 6 nitrogen and oxygen atoms in total. The normalized spacial score (nSPS) is 10.7. The van der Waals surface area contributed by atoms with Crippen molar-refractivity contribution >= 4 is 45.9 Å². The van der Waals surface area contributed by atoms with Crippen LogP contribution >= 0.6 is 23.1 Å². The van der Waals surface area contributed by atoms with E-state index < -0.39 is 0 Å². The summed E-state index contributed by atoms with van der Waals surface area (Å²) in [5.74, 6) is 0.747. The third-order valence-electron chi connectivity index (χ3n) is 3.09. The lowest BCUT2D eigenvalue weighted by molar-refractivity contribution is -0.113. The van der Waals surface area contributed by atoms with E-state index in [1.807, 2.05) is 5.38 Å². The van der Waals surface area contributed by atoms with E-state index >= 15 is 0 Å². The van der Waals surface area contributed by atoms with Gasteiger partial charge in [0, 0.05) is 17.3 Å². The fourth-order valence-corrected chi connectivity index (χ4v) is 3.57. The number of amides is 1. The zero-order valence-corrected chi connectivity index (χ0v) is 13.8. The van der Waals surface area contributed by atoms with Crippen molar-refractivity contribution in [2.24, 2.45) is 0 Å². The van der Waals surface area contributed by atoms with Gasteiger partial charge in [-0.25, -0.2) is 4.98 Å². The highest BCUT2D eigenvalue weighted by molar-refractivity contribution is 8.00. The summed E-state index contributed by atoms with van der Waals surface area (Å²) in [5.41, 5.74) is 1.17. The summed E-state index contributed by atoms with van der Waals surface area (Å²) >= 11 is 2.69. The van der Waals surface area contributed by atoms with Gasteiger partial charge in [-0.3, -0.25) is 14.0 Å². The number of nitrogens with zero attached hydrogens (tertiary/aromatic N) is 2. The largest absolute Gasteiger partial charge is 0.497 e. The molecule has 118 valence electrons. The number of fused-ring (bicyclic) bond motifs is 1. The summed E-state index contributed by atoms with van der Waals surface area (Å²) in [7, 11) is 1.59. The first-order chi connectivity index (χ1) is 11.2. The van der Waals surface area contributed by atoms with Gasteiger partial charge in [0.15, 0.2) is 11.2 Å². The number of carbonyl (C=O) groups is 2. The predicted molar refractivity (Wildman–Crippen MR) is 90.8 cm³/mol. The third-order valence-corrected chi connectivity index (χ3v) is 4.83. The molecule has 0 atom stereocenters. The molecule has 0 bridgehead atoms. The average molecular weight is 347 g/mol. The summed E-state index contributed by atoms with van der Waals surface area (Å²) in [5, 5.41) is 5.22. The molecule has 1 aromatic carbocycles. The Morgan fingerprint density at radius 2 is 2.22 bits per heavy atom. The molecule has 1 amide bonds. The summed E-state index contributed by atoms with van der Waals surface area (Å²) in [4.78, 5) is 28.3. The average Bonchev–Trinajstić information content (AvgIpc) is 3.14. The minimum Gasteiger partial charge on any atom is -0.497 e. The van der Waals surface area contributed by atoms with Crippen LogP contribution in [0.1, 0.15) is 10.5 Å². The zero-order valence-electron chi connectivity index (χ0n) is 12.2. The Hall–Kier alpha value is -2.32. The first-order valence-electron chi connectivity index (χ1n) is 6.68. The molecule has 3 rings (SSSR count). The standard InChI is InChI=1S/C15H13N3O3S2/c1-21-11-4-2-10(3-5-11)16-13(20)9-23-14-12(8-19)18-6-7-22-15(18)17-14/h2-8H,9H2,1H3,(H,16,20). The van der Waals surface area contributed by atoms with Crippen molar-refractivity contribution in [3.8, 4) is 5.75 Å². The van der Waals surface area contributed by atoms with Crippen molar-refractivity contribution in [3.05, 3.63) is 41.5 Å². The molecule has 2 heterocycles. The van der Waals surface area contributed by atoms with Crippen LogP contribution in [-0.2, 0) is 4.79 Å². The van der Waals surface area contributed by atoms with Gasteiger partial charge in [0.25, 0.3) is 0 Å². The fourth-order valence-electron chi connectivity index (χ4n) is 2.00. The maximum absolute atomic E-state index is 12.0. The Balaban J connectivity index is 1.63. The molecular formula is C15H13N3O3S2. The Bertz CT molecular complexity index is 839. The second-order valence-electron chi connectivity index (χ2n) is 4.54. The van der Waals surface area contributed by atoms with E-state index in [1.165, 1.54) is 23.1 Å². The van der Waals surface area contributed by atoms with Gasteiger partial charge in [-0.1, -0.05) is 11.8 Å². The summed E-state index contributed by atoms with van der Waals surface area (Å²) < 4.78 is 6.79. The number of hydrogen-bond acceptors (Lipinski definition) is 6. The number of ether oxygens (including phenoxy) is 1. The molecule has 23 heavy (non-hydrogen) atoms. The Morgan fingerprint density at radius 1 is 1.43 bits per heavy atom. The van der Waals surface area contributed by atoms with E-state index in [9.17, 15) is 9.59 Å². The van der Waals surface area contributed by atoms with Crippen LogP contribution in [0.2, 0.25) is 0 Å². The van der Waals surface area contributed by atoms with Crippen LogP contribution in [0.15, 0.2) is 40.9 Å². The molecule has 1 N–H and O–H groups in total. The summed E-state index contributed by atoms with van der Waals surface area (Å²) in [6, 6.07) is 7.09. The number of thioether (sulfide) groups is 1. The van der Waals surface area contributed by atoms with E-state index in [2.05, 4.69) is 10.3 Å². The number of nitrogens with one attached hydrogen (secondary N) is 1. The van der Waals surface area contributed by atoms with E-state index in [4.69, 9.17) is 4.74 Å². The molecule has 0 saturated heterocycles. The van der Waals surface area contributed by atoms with E-state index in [0.29, 0.717) is 16.4 Å². The Kier molecular flexibility index (Phi) is 4.63. The van der Waals surface area contributed by atoms with E-state index in [-0.39, 0.29) is 11.7 Å². The fraction of sp³-hybridized carbons (Fsp3) is 0.133. The number of benzene rings is 1. The van der Waals surface area contributed by atoms with Crippen LogP contribution in [0.25, 0.3) is 4.96 Å². The van der Waals surface area contributed by atoms with Crippen molar-refractivity contribution in [2.45, 2.75) is 5.03 Å². The second-order valence-corrected chi connectivity index (χ2v) is 6.38. The molecule has 0 radical (unpaired) electrons. The van der Waals surface area contributed by atoms with Crippen LogP contribution in [-0.4, -0.2) is 34.4 Å². The Morgan fingerprint density at radius 3 is 2.91 bits per heavy atom. The first-order valence-corrected chi connectivity index (χ1v) is 8.55. The monoisotopic (exact) mass is 347 g/mol. The number of thiazole rings is 1. The van der Waals surface area contributed by atoms with Crippen molar-refractivity contribution in [3.63, 3.8) is 0 Å². The number of methoxy groups -OCH3 is 1. The molecule has 0 aliphatic heterocycles. The van der Waals surface area contributed by atoms with E-state index in [0.717, 1.165) is 17.0 Å². The van der Waals surface area contributed by atoms with Gasteiger partial charge >= 0.3 is 0 Å². The highest BCUT2D eigenvalue weighted by atomic mass is 32.2. The maximum Gasteiger partial charge on any atom is 0.234 e.